The second kappa shape index (κ2) is 5.50. The number of hydrogen-bond acceptors (Lipinski definition) is 3. The van der Waals surface area contributed by atoms with E-state index in [1.54, 1.807) is 0 Å². The molecule has 17 heavy (non-hydrogen) atoms. The Hall–Kier alpha value is -1.09. The van der Waals surface area contributed by atoms with E-state index in [0.29, 0.717) is 0 Å². The maximum Gasteiger partial charge on any atom is 0.128 e. The van der Waals surface area contributed by atoms with Crippen LogP contribution in [0.2, 0.25) is 0 Å². The van der Waals surface area contributed by atoms with Gasteiger partial charge in [0.25, 0.3) is 0 Å². The van der Waals surface area contributed by atoms with Crippen molar-refractivity contribution in [3.63, 3.8) is 0 Å². The Kier molecular flexibility index (Phi) is 4.00. The third-order valence-corrected chi connectivity index (χ3v) is 3.53. The Morgan fingerprint density at radius 2 is 1.82 bits per heavy atom. The van der Waals surface area contributed by atoms with Crippen LogP contribution in [0.1, 0.15) is 49.9 Å². The molecule has 2 N–H and O–H groups in total. The molecule has 0 aliphatic carbocycles. The summed E-state index contributed by atoms with van der Waals surface area (Å²) in [6.45, 7) is 6.35. The van der Waals surface area contributed by atoms with E-state index in [1.807, 2.05) is 6.92 Å². The zero-order valence-electron chi connectivity index (χ0n) is 10.9. The van der Waals surface area contributed by atoms with Crippen LogP contribution in [0.3, 0.4) is 0 Å². The molecule has 0 unspecified atom stereocenters. The van der Waals surface area contributed by atoms with Crippen molar-refractivity contribution < 1.29 is 0 Å². The molecule has 3 nitrogen and oxygen atoms in total. The number of anilines is 1. The summed E-state index contributed by atoms with van der Waals surface area (Å²) in [4.78, 5) is 7.11. The van der Waals surface area contributed by atoms with Gasteiger partial charge >= 0.3 is 0 Å². The van der Waals surface area contributed by atoms with E-state index in [1.165, 1.54) is 25.7 Å². The van der Waals surface area contributed by atoms with E-state index in [4.69, 9.17) is 10.7 Å². The van der Waals surface area contributed by atoms with Crippen molar-refractivity contribution >= 4 is 5.82 Å². The largest absolute Gasteiger partial charge is 0.357 e. The minimum absolute atomic E-state index is 0.0701. The van der Waals surface area contributed by atoms with Crippen molar-refractivity contribution in [2.45, 2.75) is 45.6 Å². The Morgan fingerprint density at radius 3 is 2.35 bits per heavy atom. The van der Waals surface area contributed by atoms with E-state index in [0.717, 1.165) is 30.2 Å². The fourth-order valence-electron chi connectivity index (χ4n) is 2.52. The summed E-state index contributed by atoms with van der Waals surface area (Å²) in [5, 5.41) is 0. The van der Waals surface area contributed by atoms with Crippen LogP contribution in [0.15, 0.2) is 12.1 Å². The zero-order valence-corrected chi connectivity index (χ0v) is 10.9. The highest BCUT2D eigenvalue weighted by atomic mass is 15.2. The predicted molar refractivity (Wildman–Crippen MR) is 72.3 cm³/mol. The Labute approximate surface area is 104 Å². The van der Waals surface area contributed by atoms with Crippen molar-refractivity contribution in [1.29, 1.82) is 0 Å². The minimum Gasteiger partial charge on any atom is -0.357 e. The number of nitrogens with two attached hydrogens (primary N) is 1. The van der Waals surface area contributed by atoms with Gasteiger partial charge in [-0.05, 0) is 38.3 Å². The SMILES string of the molecule is Cc1nc(N2CCCCCC2)ccc1[C@@H](C)N. The van der Waals surface area contributed by atoms with Gasteiger partial charge in [0.2, 0.25) is 0 Å². The number of rotatable bonds is 2. The molecule has 2 rings (SSSR count). The van der Waals surface area contributed by atoms with E-state index in [2.05, 4.69) is 24.0 Å². The first-order valence-corrected chi connectivity index (χ1v) is 6.66. The van der Waals surface area contributed by atoms with Crippen LogP contribution in [0, 0.1) is 6.92 Å². The van der Waals surface area contributed by atoms with E-state index >= 15 is 0 Å². The third kappa shape index (κ3) is 2.97. The predicted octanol–water partition coefficient (Wildman–Crippen LogP) is 2.79. The molecule has 0 radical (unpaired) electrons. The number of nitrogens with zero attached hydrogens (tertiary/aromatic N) is 2. The van der Waals surface area contributed by atoms with Crippen molar-refractivity contribution in [3.8, 4) is 0 Å². The molecule has 1 atom stereocenters. The molecule has 2 heterocycles. The Balaban J connectivity index is 2.18. The fraction of sp³-hybridized carbons (Fsp3) is 0.643. The average Bonchev–Trinajstić information content (AvgIpc) is 2.56. The minimum atomic E-state index is 0.0701. The third-order valence-electron chi connectivity index (χ3n) is 3.53. The van der Waals surface area contributed by atoms with Gasteiger partial charge in [0.15, 0.2) is 0 Å². The first-order valence-electron chi connectivity index (χ1n) is 6.66. The summed E-state index contributed by atoms with van der Waals surface area (Å²) in [6, 6.07) is 4.32. The van der Waals surface area contributed by atoms with Crippen LogP contribution in [-0.2, 0) is 0 Å². The molecule has 1 aliphatic heterocycles. The van der Waals surface area contributed by atoms with Gasteiger partial charge in [-0.1, -0.05) is 18.9 Å². The lowest BCUT2D eigenvalue weighted by Gasteiger charge is -2.22. The quantitative estimate of drug-likeness (QED) is 0.854. The van der Waals surface area contributed by atoms with Gasteiger partial charge < -0.3 is 10.6 Å². The lowest BCUT2D eigenvalue weighted by Crippen LogP contribution is -2.25. The van der Waals surface area contributed by atoms with E-state index in [9.17, 15) is 0 Å². The van der Waals surface area contributed by atoms with Gasteiger partial charge in [-0.25, -0.2) is 4.98 Å². The van der Waals surface area contributed by atoms with Crippen LogP contribution in [0.5, 0.6) is 0 Å². The summed E-state index contributed by atoms with van der Waals surface area (Å²) in [6.07, 6.45) is 5.28. The van der Waals surface area contributed by atoms with Crippen molar-refractivity contribution in [3.05, 3.63) is 23.4 Å². The van der Waals surface area contributed by atoms with Crippen LogP contribution in [-0.4, -0.2) is 18.1 Å². The summed E-state index contributed by atoms with van der Waals surface area (Å²) in [7, 11) is 0. The Bertz CT molecular complexity index is 366. The Morgan fingerprint density at radius 1 is 1.18 bits per heavy atom. The molecule has 0 spiro atoms. The van der Waals surface area contributed by atoms with Gasteiger partial charge in [-0.15, -0.1) is 0 Å². The van der Waals surface area contributed by atoms with Gasteiger partial charge in [0.1, 0.15) is 5.82 Å². The molecule has 1 aromatic heterocycles. The summed E-state index contributed by atoms with van der Waals surface area (Å²) in [5.41, 5.74) is 8.14. The molecule has 94 valence electrons. The highest BCUT2D eigenvalue weighted by Crippen LogP contribution is 2.21. The van der Waals surface area contributed by atoms with E-state index < -0.39 is 0 Å². The fourth-order valence-corrected chi connectivity index (χ4v) is 2.52. The van der Waals surface area contributed by atoms with Crippen molar-refractivity contribution in [1.82, 2.24) is 4.98 Å². The molecule has 3 heteroatoms. The molecule has 0 amide bonds. The van der Waals surface area contributed by atoms with Crippen LogP contribution >= 0.6 is 0 Å². The molecule has 1 fully saturated rings. The first kappa shape index (κ1) is 12.4. The van der Waals surface area contributed by atoms with Crippen LogP contribution in [0.4, 0.5) is 5.82 Å². The lowest BCUT2D eigenvalue weighted by atomic mass is 10.1. The lowest BCUT2D eigenvalue weighted by molar-refractivity contribution is 0.726. The maximum absolute atomic E-state index is 5.91. The smallest absolute Gasteiger partial charge is 0.128 e. The molecular formula is C14H23N3. The second-order valence-electron chi connectivity index (χ2n) is 5.03. The number of hydrogen-bond donors (Lipinski definition) is 1. The van der Waals surface area contributed by atoms with Crippen LogP contribution < -0.4 is 10.6 Å². The first-order chi connectivity index (χ1) is 8.18. The molecule has 0 saturated carbocycles. The summed E-state index contributed by atoms with van der Waals surface area (Å²) in [5.74, 6) is 1.12. The van der Waals surface area contributed by atoms with E-state index in [-0.39, 0.29) is 6.04 Å². The number of aryl methyl sites for hydroxylation is 1. The molecule has 0 aromatic carbocycles. The normalized spacial score (nSPS) is 18.9. The second-order valence-corrected chi connectivity index (χ2v) is 5.03. The van der Waals surface area contributed by atoms with Gasteiger partial charge in [-0.2, -0.15) is 0 Å². The molecule has 1 aromatic rings. The molecule has 1 saturated heterocycles. The molecule has 1 aliphatic rings. The standard InChI is InChI=1S/C14H23N3/c1-11(15)13-7-8-14(16-12(13)2)17-9-5-3-4-6-10-17/h7-8,11H,3-6,9-10,15H2,1-2H3/t11-/m1/s1. The van der Waals surface area contributed by atoms with Gasteiger partial charge in [-0.3, -0.25) is 0 Å². The zero-order chi connectivity index (χ0) is 12.3. The highest BCUT2D eigenvalue weighted by molar-refractivity contribution is 5.42. The average molecular weight is 233 g/mol. The van der Waals surface area contributed by atoms with Crippen molar-refractivity contribution in [2.75, 3.05) is 18.0 Å². The maximum atomic E-state index is 5.91. The summed E-state index contributed by atoms with van der Waals surface area (Å²) >= 11 is 0. The monoisotopic (exact) mass is 233 g/mol. The van der Waals surface area contributed by atoms with Crippen LogP contribution in [0.25, 0.3) is 0 Å². The molecular weight excluding hydrogens is 210 g/mol. The topological polar surface area (TPSA) is 42.2 Å². The summed E-state index contributed by atoms with van der Waals surface area (Å²) < 4.78 is 0. The van der Waals surface area contributed by atoms with Gasteiger partial charge in [0, 0.05) is 24.8 Å². The molecule has 0 bridgehead atoms. The number of aromatic nitrogens is 1. The van der Waals surface area contributed by atoms with Gasteiger partial charge in [0.05, 0.1) is 0 Å². The number of pyridine rings is 1. The van der Waals surface area contributed by atoms with Crippen molar-refractivity contribution in [2.24, 2.45) is 5.73 Å². The highest BCUT2D eigenvalue weighted by Gasteiger charge is 2.13.